The van der Waals surface area contributed by atoms with E-state index >= 15 is 0 Å². The Morgan fingerprint density at radius 1 is 1.00 bits per heavy atom. The molecular weight excluding hydrogens is 326 g/mol. The highest BCUT2D eigenvalue weighted by molar-refractivity contribution is 5.33. The Morgan fingerprint density at radius 2 is 1.81 bits per heavy atom. The molecule has 0 aliphatic carbocycles. The maximum atomic E-state index is 6.18. The predicted octanol–water partition coefficient (Wildman–Crippen LogP) is 2.07. The molecule has 0 saturated carbocycles. The van der Waals surface area contributed by atoms with Crippen molar-refractivity contribution in [3.8, 4) is 5.75 Å². The van der Waals surface area contributed by atoms with Gasteiger partial charge in [-0.25, -0.2) is 0 Å². The molecule has 1 aromatic rings. The van der Waals surface area contributed by atoms with Gasteiger partial charge >= 0.3 is 0 Å². The van der Waals surface area contributed by atoms with Gasteiger partial charge in [-0.05, 0) is 32.4 Å². The maximum Gasteiger partial charge on any atom is 0.123 e. The molecule has 0 unspecified atom stereocenters. The van der Waals surface area contributed by atoms with E-state index in [0.717, 1.165) is 63.8 Å². The SMILES string of the molecule is CN1[C@@H]2CC[C@H]1CN(Cc1ccccc1OCCN1CCOCC1)CC2. The summed E-state index contributed by atoms with van der Waals surface area (Å²) < 4.78 is 11.6. The fraction of sp³-hybridized carbons (Fsp3) is 0.714. The minimum Gasteiger partial charge on any atom is -0.492 e. The minimum atomic E-state index is 0.733. The molecule has 4 rings (SSSR count). The lowest BCUT2D eigenvalue weighted by Crippen LogP contribution is -2.38. The number of benzene rings is 1. The summed E-state index contributed by atoms with van der Waals surface area (Å²) in [5.74, 6) is 1.06. The molecule has 5 nitrogen and oxygen atoms in total. The van der Waals surface area contributed by atoms with E-state index in [1.54, 1.807) is 0 Å². The summed E-state index contributed by atoms with van der Waals surface area (Å²) in [6.45, 7) is 8.88. The van der Waals surface area contributed by atoms with E-state index in [4.69, 9.17) is 9.47 Å². The van der Waals surface area contributed by atoms with Gasteiger partial charge in [-0.15, -0.1) is 0 Å². The Kier molecular flexibility index (Phi) is 6.10. The summed E-state index contributed by atoms with van der Waals surface area (Å²) in [4.78, 5) is 7.67. The second-order valence-electron chi connectivity index (χ2n) is 7.98. The van der Waals surface area contributed by atoms with Crippen LogP contribution in [0.25, 0.3) is 0 Å². The number of morpholine rings is 1. The van der Waals surface area contributed by atoms with E-state index in [0.29, 0.717) is 0 Å². The molecule has 1 aromatic carbocycles. The zero-order chi connectivity index (χ0) is 17.8. The van der Waals surface area contributed by atoms with Crippen LogP contribution in [0.15, 0.2) is 24.3 Å². The number of nitrogens with zero attached hydrogens (tertiary/aromatic N) is 3. The first-order chi connectivity index (χ1) is 12.8. The standard InChI is InChI=1S/C21H33N3O2/c1-22-19-6-7-20(22)17-24(9-8-19)16-18-4-2-3-5-21(18)26-15-12-23-10-13-25-14-11-23/h2-5,19-20H,6-17H2,1H3/t19-,20+/m1/s1. The lowest BCUT2D eigenvalue weighted by Gasteiger charge is -2.27. The van der Waals surface area contributed by atoms with E-state index in [2.05, 4.69) is 46.0 Å². The molecule has 5 heteroatoms. The molecule has 0 radical (unpaired) electrons. The van der Waals surface area contributed by atoms with Crippen molar-refractivity contribution in [1.82, 2.24) is 14.7 Å². The van der Waals surface area contributed by atoms with E-state index in [-0.39, 0.29) is 0 Å². The van der Waals surface area contributed by atoms with Crippen LogP contribution in [-0.4, -0.2) is 86.4 Å². The summed E-state index contributed by atoms with van der Waals surface area (Å²) in [6.07, 6.45) is 4.04. The Bertz CT molecular complexity index is 576. The van der Waals surface area contributed by atoms with Gasteiger partial charge in [0.1, 0.15) is 12.4 Å². The second kappa shape index (κ2) is 8.70. The van der Waals surface area contributed by atoms with E-state index < -0.39 is 0 Å². The van der Waals surface area contributed by atoms with Gasteiger partial charge in [0.2, 0.25) is 0 Å². The quantitative estimate of drug-likeness (QED) is 0.775. The second-order valence-corrected chi connectivity index (χ2v) is 7.98. The molecule has 3 saturated heterocycles. The van der Waals surface area contributed by atoms with E-state index in [1.165, 1.54) is 37.9 Å². The summed E-state index contributed by atoms with van der Waals surface area (Å²) in [5.41, 5.74) is 1.33. The Hall–Kier alpha value is -1.14. The zero-order valence-corrected chi connectivity index (χ0v) is 16.1. The lowest BCUT2D eigenvalue weighted by molar-refractivity contribution is 0.0321. The molecule has 0 amide bonds. The zero-order valence-electron chi connectivity index (χ0n) is 16.1. The van der Waals surface area contributed by atoms with Crippen molar-refractivity contribution in [2.24, 2.45) is 0 Å². The van der Waals surface area contributed by atoms with Gasteiger partial charge in [0, 0.05) is 56.9 Å². The lowest BCUT2D eigenvalue weighted by atomic mass is 10.1. The van der Waals surface area contributed by atoms with Gasteiger partial charge in [-0.3, -0.25) is 14.7 Å². The normalized spacial score (nSPS) is 28.2. The largest absolute Gasteiger partial charge is 0.492 e. The highest BCUT2D eigenvalue weighted by atomic mass is 16.5. The molecule has 0 aromatic heterocycles. The molecule has 2 bridgehead atoms. The third-order valence-corrected chi connectivity index (χ3v) is 6.37. The molecular formula is C21H33N3O2. The number of hydrogen-bond acceptors (Lipinski definition) is 5. The minimum absolute atomic E-state index is 0.733. The van der Waals surface area contributed by atoms with E-state index in [1.807, 2.05) is 0 Å². The van der Waals surface area contributed by atoms with Crippen LogP contribution in [0, 0.1) is 0 Å². The number of likely N-dealkylation sites (N-methyl/N-ethyl adjacent to an activating group) is 1. The summed E-state index contributed by atoms with van der Waals surface area (Å²) in [6, 6.07) is 10.1. The summed E-state index contributed by atoms with van der Waals surface area (Å²) in [5, 5.41) is 0. The maximum absolute atomic E-state index is 6.18. The van der Waals surface area contributed by atoms with Gasteiger partial charge in [-0.1, -0.05) is 18.2 Å². The molecule has 0 spiro atoms. The van der Waals surface area contributed by atoms with Crippen LogP contribution >= 0.6 is 0 Å². The third-order valence-electron chi connectivity index (χ3n) is 6.37. The fourth-order valence-electron chi connectivity index (χ4n) is 4.65. The van der Waals surface area contributed by atoms with Gasteiger partial charge in [0.05, 0.1) is 13.2 Å². The average Bonchev–Trinajstić information content (AvgIpc) is 2.92. The van der Waals surface area contributed by atoms with Crippen LogP contribution in [-0.2, 0) is 11.3 Å². The summed E-state index contributed by atoms with van der Waals surface area (Å²) in [7, 11) is 2.31. The molecule has 144 valence electrons. The van der Waals surface area contributed by atoms with Crippen molar-refractivity contribution >= 4 is 0 Å². The number of rotatable bonds is 6. The Labute approximate surface area is 157 Å². The van der Waals surface area contributed by atoms with Gasteiger partial charge in [0.25, 0.3) is 0 Å². The molecule has 2 atom stereocenters. The molecule has 3 aliphatic heterocycles. The Morgan fingerprint density at radius 3 is 2.69 bits per heavy atom. The first-order valence-electron chi connectivity index (χ1n) is 10.2. The van der Waals surface area contributed by atoms with Crippen LogP contribution in [0.2, 0.25) is 0 Å². The summed E-state index contributed by atoms with van der Waals surface area (Å²) >= 11 is 0. The van der Waals surface area contributed by atoms with Crippen molar-refractivity contribution in [3.05, 3.63) is 29.8 Å². The predicted molar refractivity (Wildman–Crippen MR) is 104 cm³/mol. The van der Waals surface area contributed by atoms with Crippen molar-refractivity contribution in [2.75, 3.05) is 59.6 Å². The highest BCUT2D eigenvalue weighted by Gasteiger charge is 2.34. The fourth-order valence-corrected chi connectivity index (χ4v) is 4.65. The number of hydrogen-bond donors (Lipinski definition) is 0. The first-order valence-corrected chi connectivity index (χ1v) is 10.2. The third kappa shape index (κ3) is 4.39. The van der Waals surface area contributed by atoms with Gasteiger partial charge < -0.3 is 9.47 Å². The molecule has 3 fully saturated rings. The monoisotopic (exact) mass is 359 g/mol. The van der Waals surface area contributed by atoms with E-state index in [9.17, 15) is 0 Å². The molecule has 26 heavy (non-hydrogen) atoms. The van der Waals surface area contributed by atoms with Crippen LogP contribution in [0.1, 0.15) is 24.8 Å². The van der Waals surface area contributed by atoms with Crippen molar-refractivity contribution < 1.29 is 9.47 Å². The number of para-hydroxylation sites is 1. The number of fused-ring (bicyclic) bond motifs is 2. The molecule has 3 heterocycles. The molecule has 0 N–H and O–H groups in total. The van der Waals surface area contributed by atoms with Crippen LogP contribution < -0.4 is 4.74 Å². The van der Waals surface area contributed by atoms with Crippen LogP contribution in [0.3, 0.4) is 0 Å². The molecule has 3 aliphatic rings. The Balaban J connectivity index is 1.32. The highest BCUT2D eigenvalue weighted by Crippen LogP contribution is 2.30. The smallest absolute Gasteiger partial charge is 0.123 e. The van der Waals surface area contributed by atoms with Gasteiger partial charge in [-0.2, -0.15) is 0 Å². The average molecular weight is 360 g/mol. The van der Waals surface area contributed by atoms with Crippen LogP contribution in [0.5, 0.6) is 5.75 Å². The topological polar surface area (TPSA) is 28.2 Å². The van der Waals surface area contributed by atoms with Crippen molar-refractivity contribution in [2.45, 2.75) is 37.9 Å². The van der Waals surface area contributed by atoms with Crippen LogP contribution in [0.4, 0.5) is 0 Å². The number of likely N-dealkylation sites (tertiary alicyclic amines) is 1. The van der Waals surface area contributed by atoms with Crippen molar-refractivity contribution in [3.63, 3.8) is 0 Å². The number of ether oxygens (including phenoxy) is 2. The van der Waals surface area contributed by atoms with Crippen molar-refractivity contribution in [1.29, 1.82) is 0 Å². The van der Waals surface area contributed by atoms with Gasteiger partial charge in [0.15, 0.2) is 0 Å². The first kappa shape index (κ1) is 18.2.